The summed E-state index contributed by atoms with van der Waals surface area (Å²) in [6.07, 6.45) is 3.55. The highest BCUT2D eigenvalue weighted by atomic mass is 32.2. The summed E-state index contributed by atoms with van der Waals surface area (Å²) < 4.78 is 39.9. The maximum absolute atomic E-state index is 12.7. The van der Waals surface area contributed by atoms with Crippen molar-refractivity contribution in [3.05, 3.63) is 22.8 Å². The first-order valence-corrected chi connectivity index (χ1v) is 9.50. The number of nitrogens with zero attached hydrogens (tertiary/aromatic N) is 2. The van der Waals surface area contributed by atoms with Gasteiger partial charge in [-0.05, 0) is 18.9 Å². The van der Waals surface area contributed by atoms with Crippen molar-refractivity contribution >= 4 is 10.2 Å². The average molecular weight is 338 g/mol. The van der Waals surface area contributed by atoms with E-state index in [1.165, 1.54) is 4.31 Å². The highest BCUT2D eigenvalue weighted by Gasteiger charge is 2.40. The molecule has 0 atom stereocenters. The first-order chi connectivity index (χ1) is 11.0. The molecule has 23 heavy (non-hydrogen) atoms. The van der Waals surface area contributed by atoms with E-state index in [4.69, 9.17) is 9.47 Å². The number of rotatable bonds is 5. The zero-order valence-corrected chi connectivity index (χ0v) is 14.4. The van der Waals surface area contributed by atoms with E-state index in [1.54, 1.807) is 18.4 Å². The summed E-state index contributed by atoms with van der Waals surface area (Å²) in [6.45, 7) is 1.70. The molecule has 0 bridgehead atoms. The Morgan fingerprint density at radius 2 is 1.91 bits per heavy atom. The lowest BCUT2D eigenvalue weighted by Gasteiger charge is -2.26. The highest BCUT2D eigenvalue weighted by molar-refractivity contribution is 7.86. The maximum Gasteiger partial charge on any atom is 0.282 e. The SMILES string of the molecule is CN(C)S(=O)(=O)N(Cc1c2c(cc3c1OCC3)OCC2)C1CC1. The van der Waals surface area contributed by atoms with Crippen molar-refractivity contribution in [2.75, 3.05) is 27.3 Å². The van der Waals surface area contributed by atoms with Crippen LogP contribution in [-0.2, 0) is 29.6 Å². The molecule has 126 valence electrons. The maximum atomic E-state index is 12.7. The minimum Gasteiger partial charge on any atom is -0.493 e. The molecule has 0 saturated heterocycles. The molecule has 1 aromatic carbocycles. The molecule has 6 nitrogen and oxygen atoms in total. The van der Waals surface area contributed by atoms with Crippen LogP contribution in [0.5, 0.6) is 11.5 Å². The van der Waals surface area contributed by atoms with E-state index in [2.05, 4.69) is 6.07 Å². The fourth-order valence-electron chi connectivity index (χ4n) is 3.38. The van der Waals surface area contributed by atoms with Gasteiger partial charge in [-0.3, -0.25) is 0 Å². The van der Waals surface area contributed by atoms with Gasteiger partial charge in [0.05, 0.1) is 13.2 Å². The largest absolute Gasteiger partial charge is 0.493 e. The Hall–Kier alpha value is -1.31. The second-order valence-electron chi connectivity index (χ2n) is 6.58. The topological polar surface area (TPSA) is 59.1 Å². The number of benzene rings is 1. The van der Waals surface area contributed by atoms with Gasteiger partial charge < -0.3 is 9.47 Å². The Labute approximate surface area is 137 Å². The molecule has 1 fully saturated rings. The zero-order chi connectivity index (χ0) is 16.2. The summed E-state index contributed by atoms with van der Waals surface area (Å²) in [6, 6.07) is 2.17. The third kappa shape index (κ3) is 2.51. The van der Waals surface area contributed by atoms with Gasteiger partial charge in [0.2, 0.25) is 0 Å². The van der Waals surface area contributed by atoms with E-state index in [1.807, 2.05) is 0 Å². The molecule has 0 N–H and O–H groups in total. The van der Waals surface area contributed by atoms with Crippen molar-refractivity contribution in [3.63, 3.8) is 0 Å². The standard InChI is InChI=1S/C16H22N2O4S/c1-17(2)23(19,20)18(12-3-4-12)10-14-13-6-8-21-15(13)9-11-5-7-22-16(11)14/h9,12H,3-8,10H2,1-2H3. The van der Waals surface area contributed by atoms with Gasteiger partial charge in [0.1, 0.15) is 11.5 Å². The van der Waals surface area contributed by atoms with Crippen LogP contribution in [0.1, 0.15) is 29.5 Å². The van der Waals surface area contributed by atoms with Crippen LogP contribution in [0.25, 0.3) is 0 Å². The summed E-state index contributed by atoms with van der Waals surface area (Å²) in [4.78, 5) is 0. The fourth-order valence-corrected chi connectivity index (χ4v) is 4.68. The third-order valence-corrected chi connectivity index (χ3v) is 6.73. The Bertz CT molecular complexity index is 709. The first-order valence-electron chi connectivity index (χ1n) is 8.11. The zero-order valence-electron chi connectivity index (χ0n) is 13.5. The summed E-state index contributed by atoms with van der Waals surface area (Å²) in [5.41, 5.74) is 3.26. The van der Waals surface area contributed by atoms with Crippen LogP contribution in [0.3, 0.4) is 0 Å². The lowest BCUT2D eigenvalue weighted by atomic mass is 9.99. The first kappa shape index (κ1) is 15.2. The molecule has 2 heterocycles. The Morgan fingerprint density at radius 1 is 1.17 bits per heavy atom. The number of ether oxygens (including phenoxy) is 2. The minimum absolute atomic E-state index is 0.109. The van der Waals surface area contributed by atoms with Gasteiger partial charge in [0, 0.05) is 56.2 Å². The summed E-state index contributed by atoms with van der Waals surface area (Å²) >= 11 is 0. The molecule has 2 aliphatic heterocycles. The molecular formula is C16H22N2O4S. The molecule has 3 aliphatic rings. The number of hydrogen-bond donors (Lipinski definition) is 0. The van der Waals surface area contributed by atoms with Gasteiger partial charge in [0.15, 0.2) is 0 Å². The second kappa shape index (κ2) is 5.36. The van der Waals surface area contributed by atoms with Crippen LogP contribution in [0.4, 0.5) is 0 Å². The summed E-state index contributed by atoms with van der Waals surface area (Å²) in [5.74, 6) is 1.79. The van der Waals surface area contributed by atoms with E-state index in [0.29, 0.717) is 19.8 Å². The Kier molecular flexibility index (Phi) is 3.55. The molecule has 1 aliphatic carbocycles. The minimum atomic E-state index is -3.44. The smallest absolute Gasteiger partial charge is 0.282 e. The van der Waals surface area contributed by atoms with Crippen LogP contribution in [0.15, 0.2) is 6.07 Å². The molecule has 7 heteroatoms. The molecular weight excluding hydrogens is 316 g/mol. The van der Waals surface area contributed by atoms with E-state index in [9.17, 15) is 8.42 Å². The van der Waals surface area contributed by atoms with E-state index < -0.39 is 10.2 Å². The molecule has 1 aromatic rings. The third-order valence-electron chi connectivity index (χ3n) is 4.79. The molecule has 1 saturated carbocycles. The van der Waals surface area contributed by atoms with Crippen LogP contribution in [0.2, 0.25) is 0 Å². The van der Waals surface area contributed by atoms with Crippen LogP contribution < -0.4 is 9.47 Å². The molecule has 0 spiro atoms. The molecule has 0 radical (unpaired) electrons. The molecule has 0 amide bonds. The van der Waals surface area contributed by atoms with Crippen molar-refractivity contribution < 1.29 is 17.9 Å². The predicted molar refractivity (Wildman–Crippen MR) is 86.0 cm³/mol. The van der Waals surface area contributed by atoms with E-state index >= 15 is 0 Å². The summed E-state index contributed by atoms with van der Waals surface area (Å²) in [5, 5.41) is 0. The lowest BCUT2D eigenvalue weighted by molar-refractivity contribution is 0.334. The number of fused-ring (bicyclic) bond motifs is 2. The van der Waals surface area contributed by atoms with Crippen molar-refractivity contribution in [2.45, 2.75) is 38.3 Å². The Balaban J connectivity index is 1.76. The van der Waals surface area contributed by atoms with Crippen molar-refractivity contribution in [2.24, 2.45) is 0 Å². The molecule has 0 unspecified atom stereocenters. The van der Waals surface area contributed by atoms with Gasteiger partial charge >= 0.3 is 0 Å². The van der Waals surface area contributed by atoms with E-state index in [-0.39, 0.29) is 6.04 Å². The van der Waals surface area contributed by atoms with Gasteiger partial charge in [-0.1, -0.05) is 0 Å². The Morgan fingerprint density at radius 3 is 2.61 bits per heavy atom. The van der Waals surface area contributed by atoms with Gasteiger partial charge in [0.25, 0.3) is 10.2 Å². The van der Waals surface area contributed by atoms with E-state index in [0.717, 1.165) is 53.9 Å². The predicted octanol–water partition coefficient (Wildman–Crippen LogP) is 1.33. The number of hydrogen-bond acceptors (Lipinski definition) is 4. The van der Waals surface area contributed by atoms with Crippen LogP contribution in [-0.4, -0.2) is 50.4 Å². The van der Waals surface area contributed by atoms with Crippen molar-refractivity contribution in [1.29, 1.82) is 0 Å². The van der Waals surface area contributed by atoms with Gasteiger partial charge in [-0.15, -0.1) is 0 Å². The normalized spacial score (nSPS) is 19.7. The monoisotopic (exact) mass is 338 g/mol. The molecule has 0 aromatic heterocycles. The van der Waals surface area contributed by atoms with Crippen molar-refractivity contribution in [3.8, 4) is 11.5 Å². The van der Waals surface area contributed by atoms with Crippen LogP contribution in [0, 0.1) is 0 Å². The van der Waals surface area contributed by atoms with Gasteiger partial charge in [-0.25, -0.2) is 0 Å². The fraction of sp³-hybridized carbons (Fsp3) is 0.625. The molecule has 4 rings (SSSR count). The van der Waals surface area contributed by atoms with Crippen molar-refractivity contribution in [1.82, 2.24) is 8.61 Å². The highest BCUT2D eigenvalue weighted by Crippen LogP contribution is 2.43. The quantitative estimate of drug-likeness (QED) is 0.813. The van der Waals surface area contributed by atoms with Crippen LogP contribution >= 0.6 is 0 Å². The van der Waals surface area contributed by atoms with Gasteiger partial charge in [-0.2, -0.15) is 17.0 Å². The second-order valence-corrected chi connectivity index (χ2v) is 8.68. The average Bonchev–Trinajstić information content (AvgIpc) is 3.03. The summed E-state index contributed by atoms with van der Waals surface area (Å²) in [7, 11) is -0.264. The lowest BCUT2D eigenvalue weighted by Crippen LogP contribution is -2.41.